The van der Waals surface area contributed by atoms with E-state index >= 15 is 0 Å². The van der Waals surface area contributed by atoms with Gasteiger partial charge >= 0.3 is 0 Å². The van der Waals surface area contributed by atoms with Gasteiger partial charge in [0.2, 0.25) is 11.1 Å². The van der Waals surface area contributed by atoms with Crippen molar-refractivity contribution in [2.24, 2.45) is 11.8 Å². The van der Waals surface area contributed by atoms with Gasteiger partial charge in [-0.25, -0.2) is 0 Å². The number of nitrogens with zero attached hydrogens (tertiary/aromatic N) is 4. The third-order valence-corrected chi connectivity index (χ3v) is 3.80. The second-order valence-electron chi connectivity index (χ2n) is 6.12. The third-order valence-electron chi connectivity index (χ3n) is 2.87. The van der Waals surface area contributed by atoms with E-state index < -0.39 is 5.56 Å². The molecule has 2 N–H and O–H groups in total. The van der Waals surface area contributed by atoms with Crippen molar-refractivity contribution in [2.75, 3.05) is 24.7 Å². The SMILES string of the molecule is Cc1nnc(SCC(=O)N(CC(C)C)CC(C)C)n(N)c1=O. The molecule has 0 bridgehead atoms. The summed E-state index contributed by atoms with van der Waals surface area (Å²) in [6.45, 7) is 11.3. The summed E-state index contributed by atoms with van der Waals surface area (Å²) in [5, 5.41) is 7.87. The van der Waals surface area contributed by atoms with E-state index in [0.717, 1.165) is 16.4 Å². The van der Waals surface area contributed by atoms with Crippen LogP contribution >= 0.6 is 11.8 Å². The molecular weight excluding hydrogens is 302 g/mol. The number of carbonyl (C=O) groups excluding carboxylic acids is 1. The van der Waals surface area contributed by atoms with Crippen molar-refractivity contribution in [2.45, 2.75) is 39.8 Å². The number of rotatable bonds is 7. The molecule has 0 aliphatic heterocycles. The van der Waals surface area contributed by atoms with Gasteiger partial charge in [0.25, 0.3) is 5.56 Å². The van der Waals surface area contributed by atoms with Gasteiger partial charge in [0.15, 0.2) is 0 Å². The molecule has 8 heteroatoms. The van der Waals surface area contributed by atoms with Crippen LogP contribution in [-0.4, -0.2) is 44.5 Å². The van der Waals surface area contributed by atoms with E-state index in [1.165, 1.54) is 0 Å². The van der Waals surface area contributed by atoms with Crippen LogP contribution in [0.2, 0.25) is 0 Å². The summed E-state index contributed by atoms with van der Waals surface area (Å²) in [4.78, 5) is 25.9. The predicted octanol–water partition coefficient (Wildman–Crippen LogP) is 0.893. The standard InChI is InChI=1S/C14H25N5O2S/c1-9(2)6-18(7-10(3)4)12(20)8-22-14-17-16-11(5)13(21)19(14)15/h9-10H,6-8,15H2,1-5H3. The van der Waals surface area contributed by atoms with Crippen LogP contribution in [-0.2, 0) is 4.79 Å². The van der Waals surface area contributed by atoms with Crippen molar-refractivity contribution in [1.82, 2.24) is 19.8 Å². The predicted molar refractivity (Wildman–Crippen MR) is 88.2 cm³/mol. The van der Waals surface area contributed by atoms with Gasteiger partial charge in [-0.3, -0.25) is 9.59 Å². The van der Waals surface area contributed by atoms with Crippen molar-refractivity contribution in [3.8, 4) is 0 Å². The normalized spacial score (nSPS) is 11.2. The number of amides is 1. The number of hydrogen-bond acceptors (Lipinski definition) is 6. The number of nitrogens with two attached hydrogens (primary N) is 1. The molecule has 0 unspecified atom stereocenters. The lowest BCUT2D eigenvalue weighted by molar-refractivity contribution is -0.129. The Labute approximate surface area is 135 Å². The van der Waals surface area contributed by atoms with Crippen LogP contribution in [0.1, 0.15) is 33.4 Å². The molecule has 1 aromatic rings. The Hall–Kier alpha value is -1.57. The molecule has 1 amide bonds. The van der Waals surface area contributed by atoms with Crippen molar-refractivity contribution in [1.29, 1.82) is 0 Å². The summed E-state index contributed by atoms with van der Waals surface area (Å²) in [5.41, 5.74) is -0.161. The first kappa shape index (κ1) is 18.5. The Morgan fingerprint density at radius 1 is 1.23 bits per heavy atom. The molecule has 124 valence electrons. The van der Waals surface area contributed by atoms with Crippen LogP contribution in [0.4, 0.5) is 0 Å². The molecular formula is C14H25N5O2S. The first-order chi connectivity index (χ1) is 10.2. The molecule has 0 saturated carbocycles. The van der Waals surface area contributed by atoms with Gasteiger partial charge in [0.05, 0.1) is 5.75 Å². The summed E-state index contributed by atoms with van der Waals surface area (Å²) in [6, 6.07) is 0. The maximum atomic E-state index is 12.4. The van der Waals surface area contributed by atoms with Crippen LogP contribution in [0.25, 0.3) is 0 Å². The highest BCUT2D eigenvalue weighted by molar-refractivity contribution is 7.99. The van der Waals surface area contributed by atoms with E-state index in [0.29, 0.717) is 24.9 Å². The van der Waals surface area contributed by atoms with Crippen LogP contribution in [0, 0.1) is 18.8 Å². The molecule has 0 spiro atoms. The van der Waals surface area contributed by atoms with Crippen molar-refractivity contribution >= 4 is 17.7 Å². The minimum Gasteiger partial charge on any atom is -0.341 e. The zero-order valence-electron chi connectivity index (χ0n) is 13.9. The van der Waals surface area contributed by atoms with Gasteiger partial charge in [0.1, 0.15) is 5.69 Å². The molecule has 1 rings (SSSR count). The van der Waals surface area contributed by atoms with Crippen LogP contribution in [0.3, 0.4) is 0 Å². The average Bonchev–Trinajstić information content (AvgIpc) is 2.42. The zero-order valence-corrected chi connectivity index (χ0v) is 14.7. The molecule has 1 aromatic heterocycles. The fraction of sp³-hybridized carbons (Fsp3) is 0.714. The Balaban J connectivity index is 2.74. The average molecular weight is 327 g/mol. The molecule has 0 aliphatic carbocycles. The van der Waals surface area contributed by atoms with E-state index in [-0.39, 0.29) is 22.5 Å². The van der Waals surface area contributed by atoms with Crippen LogP contribution in [0.15, 0.2) is 9.95 Å². The minimum atomic E-state index is -0.397. The molecule has 22 heavy (non-hydrogen) atoms. The number of nitrogen functional groups attached to an aromatic ring is 1. The molecule has 0 radical (unpaired) electrons. The maximum absolute atomic E-state index is 12.4. The first-order valence-corrected chi connectivity index (χ1v) is 8.32. The second kappa shape index (κ2) is 8.17. The largest absolute Gasteiger partial charge is 0.341 e. The van der Waals surface area contributed by atoms with Crippen molar-refractivity contribution < 1.29 is 4.79 Å². The van der Waals surface area contributed by atoms with Gasteiger partial charge < -0.3 is 10.7 Å². The van der Waals surface area contributed by atoms with Gasteiger partial charge in [-0.05, 0) is 18.8 Å². The van der Waals surface area contributed by atoms with Crippen LogP contribution in [0.5, 0.6) is 0 Å². The topological polar surface area (TPSA) is 94.1 Å². The van der Waals surface area contributed by atoms with Crippen molar-refractivity contribution in [3.63, 3.8) is 0 Å². The van der Waals surface area contributed by atoms with Crippen molar-refractivity contribution in [3.05, 3.63) is 16.0 Å². The number of aryl methyl sites for hydroxylation is 1. The molecule has 0 aromatic carbocycles. The molecule has 0 fully saturated rings. The highest BCUT2D eigenvalue weighted by Crippen LogP contribution is 2.14. The van der Waals surface area contributed by atoms with Crippen LogP contribution < -0.4 is 11.4 Å². The number of thioether (sulfide) groups is 1. The molecule has 0 atom stereocenters. The third kappa shape index (κ3) is 5.32. The lowest BCUT2D eigenvalue weighted by Crippen LogP contribution is -2.38. The van der Waals surface area contributed by atoms with E-state index in [2.05, 4.69) is 37.9 Å². The lowest BCUT2D eigenvalue weighted by atomic mass is 10.1. The first-order valence-electron chi connectivity index (χ1n) is 7.34. The fourth-order valence-electron chi connectivity index (χ4n) is 1.95. The summed E-state index contributed by atoms with van der Waals surface area (Å²) < 4.78 is 0.940. The Kier molecular flexibility index (Phi) is 6.86. The maximum Gasteiger partial charge on any atom is 0.294 e. The quantitative estimate of drug-likeness (QED) is 0.590. The molecule has 1 heterocycles. The van der Waals surface area contributed by atoms with E-state index in [9.17, 15) is 9.59 Å². The number of carbonyl (C=O) groups is 1. The minimum absolute atomic E-state index is 0.0159. The van der Waals surface area contributed by atoms with Gasteiger partial charge in [-0.15, -0.1) is 10.2 Å². The zero-order chi connectivity index (χ0) is 16.9. The van der Waals surface area contributed by atoms with Gasteiger partial charge in [-0.1, -0.05) is 39.5 Å². The second-order valence-corrected chi connectivity index (χ2v) is 7.06. The molecule has 0 aliphatic rings. The van der Waals surface area contributed by atoms with E-state index in [4.69, 9.17) is 5.84 Å². The van der Waals surface area contributed by atoms with E-state index in [1.807, 2.05) is 4.90 Å². The number of aromatic nitrogens is 3. The van der Waals surface area contributed by atoms with Gasteiger partial charge in [0, 0.05) is 13.1 Å². The van der Waals surface area contributed by atoms with E-state index in [1.54, 1.807) is 6.92 Å². The summed E-state index contributed by atoms with van der Waals surface area (Å²) in [7, 11) is 0. The monoisotopic (exact) mass is 327 g/mol. The summed E-state index contributed by atoms with van der Waals surface area (Å²) >= 11 is 1.13. The highest BCUT2D eigenvalue weighted by atomic mass is 32.2. The Bertz CT molecular complexity index is 561. The summed E-state index contributed by atoms with van der Waals surface area (Å²) in [5.74, 6) is 6.67. The Morgan fingerprint density at radius 2 is 1.77 bits per heavy atom. The fourth-order valence-corrected chi connectivity index (χ4v) is 2.70. The summed E-state index contributed by atoms with van der Waals surface area (Å²) in [6.07, 6.45) is 0. The number of hydrogen-bond donors (Lipinski definition) is 1. The lowest BCUT2D eigenvalue weighted by Gasteiger charge is -2.26. The molecule has 7 nitrogen and oxygen atoms in total. The highest BCUT2D eigenvalue weighted by Gasteiger charge is 2.18. The molecule has 0 saturated heterocycles. The Morgan fingerprint density at radius 3 is 2.27 bits per heavy atom. The van der Waals surface area contributed by atoms with Gasteiger partial charge in [-0.2, -0.15) is 4.68 Å². The smallest absolute Gasteiger partial charge is 0.294 e.